The van der Waals surface area contributed by atoms with E-state index in [-0.39, 0.29) is 17.6 Å². The summed E-state index contributed by atoms with van der Waals surface area (Å²) in [5.41, 5.74) is 7.22. The third kappa shape index (κ3) is 2.70. The van der Waals surface area contributed by atoms with Crippen LogP contribution in [0.25, 0.3) is 0 Å². The number of ketones is 1. The number of nitrogens with one attached hydrogen (secondary N) is 1. The summed E-state index contributed by atoms with van der Waals surface area (Å²) >= 11 is 0. The van der Waals surface area contributed by atoms with Gasteiger partial charge in [-0.1, -0.05) is 6.08 Å². The molecule has 0 radical (unpaired) electrons. The van der Waals surface area contributed by atoms with E-state index in [1.165, 1.54) is 12.3 Å². The maximum Gasteiger partial charge on any atom is 0.173 e. The molecule has 0 amide bonds. The monoisotopic (exact) mass is 266 g/mol. The van der Waals surface area contributed by atoms with Crippen LogP contribution < -0.4 is 11.1 Å². The molecule has 5 nitrogen and oxygen atoms in total. The zero-order valence-corrected chi connectivity index (χ0v) is 10.7. The first kappa shape index (κ1) is 12.6. The van der Waals surface area contributed by atoms with Gasteiger partial charge >= 0.3 is 0 Å². The van der Waals surface area contributed by atoms with Gasteiger partial charge in [0.15, 0.2) is 15.6 Å². The van der Waals surface area contributed by atoms with Crippen LogP contribution in [-0.4, -0.2) is 26.0 Å². The summed E-state index contributed by atoms with van der Waals surface area (Å²) in [7, 11) is -3.08. The van der Waals surface area contributed by atoms with Crippen molar-refractivity contribution in [3.63, 3.8) is 0 Å². The fourth-order valence-corrected chi connectivity index (χ4v) is 3.07. The number of Topliss-reactive ketones (excluding diaryl/α,β-unsaturated/α-hetero) is 1. The molecule has 1 aliphatic heterocycles. The van der Waals surface area contributed by atoms with E-state index in [4.69, 9.17) is 5.73 Å². The van der Waals surface area contributed by atoms with Crippen molar-refractivity contribution >= 4 is 27.0 Å². The number of nitrogens with two attached hydrogens (primary N) is 1. The molecule has 0 aromatic heterocycles. The zero-order valence-electron chi connectivity index (χ0n) is 9.88. The van der Waals surface area contributed by atoms with E-state index in [0.717, 1.165) is 0 Å². The third-order valence-electron chi connectivity index (χ3n) is 2.71. The lowest BCUT2D eigenvalue weighted by molar-refractivity contribution is 0.101. The molecule has 0 aliphatic carbocycles. The predicted molar refractivity (Wildman–Crippen MR) is 71.2 cm³/mol. The summed E-state index contributed by atoms with van der Waals surface area (Å²) in [5.74, 6) is -0.0852. The Labute approximate surface area is 106 Å². The quantitative estimate of drug-likeness (QED) is 0.633. The highest BCUT2D eigenvalue weighted by molar-refractivity contribution is 7.94. The minimum absolute atomic E-state index is 0.0345. The molecule has 1 unspecified atom stereocenters. The van der Waals surface area contributed by atoms with Crippen molar-refractivity contribution in [3.8, 4) is 0 Å². The van der Waals surface area contributed by atoms with Crippen LogP contribution >= 0.6 is 0 Å². The second kappa shape index (κ2) is 4.45. The fraction of sp³-hybridized carbons (Fsp3) is 0.250. The number of hydrogen-bond acceptors (Lipinski definition) is 5. The molecule has 1 heterocycles. The van der Waals surface area contributed by atoms with Crippen molar-refractivity contribution in [3.05, 3.63) is 35.2 Å². The number of carbonyl (C=O) groups is 1. The zero-order chi connectivity index (χ0) is 13.3. The Morgan fingerprint density at radius 3 is 2.72 bits per heavy atom. The molecule has 0 saturated heterocycles. The Morgan fingerprint density at radius 2 is 2.17 bits per heavy atom. The van der Waals surface area contributed by atoms with Crippen molar-refractivity contribution in [1.29, 1.82) is 0 Å². The van der Waals surface area contributed by atoms with Gasteiger partial charge in [-0.05, 0) is 25.1 Å². The van der Waals surface area contributed by atoms with E-state index in [1.54, 1.807) is 24.3 Å². The number of hydrogen-bond donors (Lipinski definition) is 2. The minimum Gasteiger partial charge on any atom is -0.398 e. The van der Waals surface area contributed by atoms with Crippen LogP contribution in [-0.2, 0) is 9.84 Å². The van der Waals surface area contributed by atoms with E-state index >= 15 is 0 Å². The highest BCUT2D eigenvalue weighted by Gasteiger charge is 2.21. The summed E-state index contributed by atoms with van der Waals surface area (Å²) < 4.78 is 22.5. The number of sulfone groups is 1. The second-order valence-corrected chi connectivity index (χ2v) is 6.20. The lowest BCUT2D eigenvalue weighted by atomic mass is 10.1. The van der Waals surface area contributed by atoms with Crippen molar-refractivity contribution in [1.82, 2.24) is 0 Å². The van der Waals surface area contributed by atoms with Crippen molar-refractivity contribution in [2.24, 2.45) is 0 Å². The predicted octanol–water partition coefficient (Wildman–Crippen LogP) is 1.19. The Kier molecular flexibility index (Phi) is 3.13. The molecule has 0 fully saturated rings. The molecule has 3 N–H and O–H groups in total. The average molecular weight is 266 g/mol. The SMILES string of the molecule is CC(=O)c1cc(NC2C=CS(=O)(=O)C2)ccc1N. The molecule has 0 saturated carbocycles. The minimum atomic E-state index is -3.08. The first-order chi connectivity index (χ1) is 8.37. The van der Waals surface area contributed by atoms with Gasteiger partial charge in [0.2, 0.25) is 0 Å². The number of rotatable bonds is 3. The van der Waals surface area contributed by atoms with Gasteiger partial charge in [0.05, 0.1) is 11.8 Å². The first-order valence-electron chi connectivity index (χ1n) is 5.45. The second-order valence-electron chi connectivity index (χ2n) is 4.27. The van der Waals surface area contributed by atoms with Gasteiger partial charge in [-0.15, -0.1) is 0 Å². The summed E-state index contributed by atoms with van der Waals surface area (Å²) in [5, 5.41) is 4.25. The van der Waals surface area contributed by atoms with Gasteiger partial charge in [0, 0.05) is 22.3 Å². The standard InChI is InChI=1S/C12H14N2O3S/c1-8(15)11-6-9(2-3-12(11)13)14-10-4-5-18(16,17)7-10/h2-6,10,14H,7,13H2,1H3. The Balaban J connectivity index is 2.19. The molecule has 0 spiro atoms. The first-order valence-corrected chi connectivity index (χ1v) is 7.17. The van der Waals surface area contributed by atoms with Gasteiger partial charge in [0.25, 0.3) is 0 Å². The number of carbonyl (C=O) groups excluding carboxylic acids is 1. The van der Waals surface area contributed by atoms with Crippen molar-refractivity contribution in [2.75, 3.05) is 16.8 Å². The van der Waals surface area contributed by atoms with E-state index in [9.17, 15) is 13.2 Å². The highest BCUT2D eigenvalue weighted by atomic mass is 32.2. The van der Waals surface area contributed by atoms with Crippen LogP contribution in [0.4, 0.5) is 11.4 Å². The molecule has 2 rings (SSSR count). The summed E-state index contributed by atoms with van der Waals surface area (Å²) in [6.45, 7) is 1.44. The molecule has 18 heavy (non-hydrogen) atoms. The van der Waals surface area contributed by atoms with Crippen LogP contribution in [0.15, 0.2) is 29.7 Å². The van der Waals surface area contributed by atoms with Crippen molar-refractivity contribution < 1.29 is 13.2 Å². The van der Waals surface area contributed by atoms with Crippen LogP contribution in [0.5, 0.6) is 0 Å². The van der Waals surface area contributed by atoms with Gasteiger partial charge in [0.1, 0.15) is 0 Å². The van der Waals surface area contributed by atoms with Gasteiger partial charge in [-0.3, -0.25) is 4.79 Å². The summed E-state index contributed by atoms with van der Waals surface area (Å²) in [6, 6.07) is 4.72. The van der Waals surface area contributed by atoms with Crippen LogP contribution in [0, 0.1) is 0 Å². The number of nitrogen functional groups attached to an aromatic ring is 1. The Bertz CT molecular complexity index is 620. The summed E-state index contributed by atoms with van der Waals surface area (Å²) in [6.07, 6.45) is 1.60. The maximum absolute atomic E-state index is 11.3. The summed E-state index contributed by atoms with van der Waals surface area (Å²) in [4.78, 5) is 11.3. The maximum atomic E-state index is 11.3. The number of benzene rings is 1. The molecule has 1 atom stereocenters. The smallest absolute Gasteiger partial charge is 0.173 e. The molecular weight excluding hydrogens is 252 g/mol. The normalized spacial score (nSPS) is 20.8. The molecule has 6 heteroatoms. The molecule has 1 aromatic rings. The van der Waals surface area contributed by atoms with Gasteiger partial charge < -0.3 is 11.1 Å². The van der Waals surface area contributed by atoms with E-state index in [2.05, 4.69) is 5.32 Å². The largest absolute Gasteiger partial charge is 0.398 e. The van der Waals surface area contributed by atoms with Gasteiger partial charge in [-0.2, -0.15) is 0 Å². The van der Waals surface area contributed by atoms with E-state index in [0.29, 0.717) is 16.9 Å². The lowest BCUT2D eigenvalue weighted by Gasteiger charge is -2.13. The topological polar surface area (TPSA) is 89.3 Å². The van der Waals surface area contributed by atoms with E-state index in [1.807, 2.05) is 0 Å². The van der Waals surface area contributed by atoms with E-state index < -0.39 is 9.84 Å². The Morgan fingerprint density at radius 1 is 1.44 bits per heavy atom. The van der Waals surface area contributed by atoms with Crippen molar-refractivity contribution in [2.45, 2.75) is 13.0 Å². The molecule has 1 aliphatic rings. The fourth-order valence-electron chi connectivity index (χ4n) is 1.83. The number of anilines is 2. The Hall–Kier alpha value is -1.82. The molecule has 1 aromatic carbocycles. The molecule has 96 valence electrons. The molecule has 0 bridgehead atoms. The third-order valence-corrected chi connectivity index (χ3v) is 4.11. The van der Waals surface area contributed by atoms with Crippen LogP contribution in [0.2, 0.25) is 0 Å². The van der Waals surface area contributed by atoms with Gasteiger partial charge in [-0.25, -0.2) is 8.42 Å². The van der Waals surface area contributed by atoms with Crippen LogP contribution in [0.3, 0.4) is 0 Å². The average Bonchev–Trinajstić information content (AvgIpc) is 2.60. The molecular formula is C12H14N2O3S. The lowest BCUT2D eigenvalue weighted by Crippen LogP contribution is -2.21. The van der Waals surface area contributed by atoms with Crippen LogP contribution in [0.1, 0.15) is 17.3 Å². The highest BCUT2D eigenvalue weighted by Crippen LogP contribution is 2.21.